The van der Waals surface area contributed by atoms with E-state index < -0.39 is 0 Å². The molecule has 0 saturated heterocycles. The Morgan fingerprint density at radius 2 is 2.38 bits per heavy atom. The molecule has 0 atom stereocenters. The standard InChI is InChI=1S/C11H13ClN2O2/c1-14(5-4-12)8-2-3-10-9(6-8)13-11(15)7-16-10/h2-3,6H,4-5,7H2,1H3,(H,13,15). The lowest BCUT2D eigenvalue weighted by Gasteiger charge is -2.22. The van der Waals surface area contributed by atoms with Crippen molar-refractivity contribution in [1.29, 1.82) is 0 Å². The second-order valence-corrected chi connectivity index (χ2v) is 4.01. The first kappa shape index (κ1) is 11.1. The van der Waals surface area contributed by atoms with Crippen LogP contribution in [0.1, 0.15) is 0 Å². The molecule has 0 unspecified atom stereocenters. The molecule has 1 heterocycles. The summed E-state index contributed by atoms with van der Waals surface area (Å²) in [6.07, 6.45) is 0. The zero-order chi connectivity index (χ0) is 11.5. The van der Waals surface area contributed by atoms with Crippen LogP contribution in [0.3, 0.4) is 0 Å². The molecule has 0 saturated carbocycles. The number of amides is 1. The van der Waals surface area contributed by atoms with Gasteiger partial charge in [0.1, 0.15) is 5.75 Å². The number of anilines is 2. The molecule has 1 aliphatic rings. The molecule has 86 valence electrons. The molecule has 0 radical (unpaired) electrons. The number of nitrogens with one attached hydrogen (secondary N) is 1. The third kappa shape index (κ3) is 2.22. The number of hydrogen-bond donors (Lipinski definition) is 1. The average molecular weight is 241 g/mol. The number of halogens is 1. The van der Waals surface area contributed by atoms with Gasteiger partial charge >= 0.3 is 0 Å². The zero-order valence-electron chi connectivity index (χ0n) is 9.00. The fraction of sp³-hybridized carbons (Fsp3) is 0.364. The highest BCUT2D eigenvalue weighted by molar-refractivity contribution is 6.18. The summed E-state index contributed by atoms with van der Waals surface area (Å²) in [4.78, 5) is 13.2. The van der Waals surface area contributed by atoms with Crippen molar-refractivity contribution in [2.24, 2.45) is 0 Å². The van der Waals surface area contributed by atoms with Crippen LogP contribution in [0.4, 0.5) is 11.4 Å². The van der Waals surface area contributed by atoms with Gasteiger partial charge in [0, 0.05) is 25.2 Å². The number of alkyl halides is 1. The van der Waals surface area contributed by atoms with Crippen molar-refractivity contribution in [3.05, 3.63) is 18.2 Å². The predicted octanol–water partition coefficient (Wildman–Crippen LogP) is 1.69. The summed E-state index contributed by atoms with van der Waals surface area (Å²) >= 11 is 5.68. The summed E-state index contributed by atoms with van der Waals surface area (Å²) in [5, 5.41) is 2.77. The number of ether oxygens (including phenoxy) is 1. The normalized spacial score (nSPS) is 13.8. The van der Waals surface area contributed by atoms with Gasteiger partial charge in [-0.3, -0.25) is 4.79 Å². The number of rotatable bonds is 3. The van der Waals surface area contributed by atoms with Crippen molar-refractivity contribution in [3.63, 3.8) is 0 Å². The highest BCUT2D eigenvalue weighted by Gasteiger charge is 2.16. The van der Waals surface area contributed by atoms with Gasteiger partial charge in [-0.2, -0.15) is 0 Å². The van der Waals surface area contributed by atoms with Crippen LogP contribution in [0.25, 0.3) is 0 Å². The van der Waals surface area contributed by atoms with E-state index in [1.807, 2.05) is 30.1 Å². The fourth-order valence-corrected chi connectivity index (χ4v) is 1.82. The number of benzene rings is 1. The van der Waals surface area contributed by atoms with Gasteiger partial charge in [-0.1, -0.05) is 0 Å². The third-order valence-electron chi connectivity index (χ3n) is 2.46. The maximum atomic E-state index is 11.2. The van der Waals surface area contributed by atoms with E-state index in [2.05, 4.69) is 5.32 Å². The average Bonchev–Trinajstić information content (AvgIpc) is 2.28. The molecule has 0 aliphatic carbocycles. The van der Waals surface area contributed by atoms with Gasteiger partial charge in [-0.25, -0.2) is 0 Å². The van der Waals surface area contributed by atoms with Gasteiger partial charge in [0.2, 0.25) is 0 Å². The van der Waals surface area contributed by atoms with Crippen LogP contribution in [-0.2, 0) is 4.79 Å². The van der Waals surface area contributed by atoms with Crippen LogP contribution in [0.5, 0.6) is 5.75 Å². The summed E-state index contributed by atoms with van der Waals surface area (Å²) in [5.74, 6) is 1.16. The fourth-order valence-electron chi connectivity index (χ4n) is 1.56. The van der Waals surface area contributed by atoms with E-state index in [0.29, 0.717) is 11.6 Å². The molecule has 1 aromatic rings. The van der Waals surface area contributed by atoms with Crippen LogP contribution in [0.15, 0.2) is 18.2 Å². The first-order valence-electron chi connectivity index (χ1n) is 5.04. The van der Waals surface area contributed by atoms with Gasteiger partial charge < -0.3 is 15.0 Å². The minimum absolute atomic E-state index is 0.0872. The summed E-state index contributed by atoms with van der Waals surface area (Å²) in [6.45, 7) is 0.846. The molecule has 0 fully saturated rings. The Hall–Kier alpha value is -1.42. The van der Waals surface area contributed by atoms with Gasteiger partial charge in [0.15, 0.2) is 6.61 Å². The maximum absolute atomic E-state index is 11.2. The molecule has 1 amide bonds. The summed E-state index contributed by atoms with van der Waals surface area (Å²) < 4.78 is 5.27. The molecule has 0 spiro atoms. The molecule has 2 rings (SSSR count). The van der Waals surface area contributed by atoms with E-state index in [-0.39, 0.29) is 12.5 Å². The van der Waals surface area contributed by atoms with Crippen molar-refractivity contribution < 1.29 is 9.53 Å². The van der Waals surface area contributed by atoms with E-state index in [1.54, 1.807) is 0 Å². The van der Waals surface area contributed by atoms with Gasteiger partial charge in [-0.15, -0.1) is 11.6 Å². The topological polar surface area (TPSA) is 41.6 Å². The lowest BCUT2D eigenvalue weighted by molar-refractivity contribution is -0.118. The van der Waals surface area contributed by atoms with Crippen LogP contribution in [0, 0.1) is 0 Å². The third-order valence-corrected chi connectivity index (χ3v) is 2.63. The van der Waals surface area contributed by atoms with Crippen LogP contribution in [0.2, 0.25) is 0 Å². The lowest BCUT2D eigenvalue weighted by Crippen LogP contribution is -2.26. The number of fused-ring (bicyclic) bond motifs is 1. The molecule has 5 heteroatoms. The van der Waals surface area contributed by atoms with E-state index >= 15 is 0 Å². The second kappa shape index (κ2) is 4.61. The molecule has 4 nitrogen and oxygen atoms in total. The highest BCUT2D eigenvalue weighted by atomic mass is 35.5. The Labute approximate surface area is 99.1 Å². The Morgan fingerprint density at radius 3 is 3.12 bits per heavy atom. The molecule has 1 N–H and O–H groups in total. The molecule has 0 bridgehead atoms. The highest BCUT2D eigenvalue weighted by Crippen LogP contribution is 2.31. The quantitative estimate of drug-likeness (QED) is 0.818. The Morgan fingerprint density at radius 1 is 1.56 bits per heavy atom. The van der Waals surface area contributed by atoms with Crippen molar-refractivity contribution in [3.8, 4) is 5.75 Å². The van der Waals surface area contributed by atoms with E-state index in [1.165, 1.54) is 0 Å². The number of carbonyl (C=O) groups is 1. The van der Waals surface area contributed by atoms with Gasteiger partial charge in [0.05, 0.1) is 5.69 Å². The molecular formula is C11H13ClN2O2. The van der Waals surface area contributed by atoms with Gasteiger partial charge in [-0.05, 0) is 18.2 Å². The molecule has 1 aliphatic heterocycles. The van der Waals surface area contributed by atoms with Crippen LogP contribution >= 0.6 is 11.6 Å². The SMILES string of the molecule is CN(CCCl)c1ccc2c(c1)NC(=O)CO2. The largest absolute Gasteiger partial charge is 0.482 e. The number of nitrogens with zero attached hydrogens (tertiary/aromatic N) is 1. The lowest BCUT2D eigenvalue weighted by atomic mass is 10.2. The van der Waals surface area contributed by atoms with Crippen molar-refractivity contribution in [1.82, 2.24) is 0 Å². The number of hydrogen-bond acceptors (Lipinski definition) is 3. The van der Waals surface area contributed by atoms with Crippen LogP contribution < -0.4 is 15.0 Å². The van der Waals surface area contributed by atoms with Crippen molar-refractivity contribution in [2.75, 3.05) is 36.3 Å². The first-order valence-corrected chi connectivity index (χ1v) is 5.58. The summed E-state index contributed by atoms with van der Waals surface area (Å²) in [7, 11) is 1.95. The molecule has 1 aromatic carbocycles. The molecule has 16 heavy (non-hydrogen) atoms. The predicted molar refractivity (Wildman–Crippen MR) is 64.6 cm³/mol. The van der Waals surface area contributed by atoms with Crippen LogP contribution in [-0.4, -0.2) is 32.0 Å². The summed E-state index contributed by atoms with van der Waals surface area (Å²) in [5.41, 5.74) is 1.72. The van der Waals surface area contributed by atoms with E-state index in [0.717, 1.165) is 17.9 Å². The van der Waals surface area contributed by atoms with E-state index in [9.17, 15) is 4.79 Å². The van der Waals surface area contributed by atoms with Crippen molar-refractivity contribution >= 4 is 28.9 Å². The second-order valence-electron chi connectivity index (χ2n) is 3.63. The van der Waals surface area contributed by atoms with Crippen molar-refractivity contribution in [2.45, 2.75) is 0 Å². The monoisotopic (exact) mass is 240 g/mol. The minimum atomic E-state index is -0.121. The maximum Gasteiger partial charge on any atom is 0.262 e. The first-order chi connectivity index (χ1) is 7.70. The molecule has 0 aromatic heterocycles. The Bertz CT molecular complexity index is 409. The van der Waals surface area contributed by atoms with Gasteiger partial charge in [0.25, 0.3) is 5.91 Å². The Balaban J connectivity index is 2.24. The zero-order valence-corrected chi connectivity index (χ0v) is 9.75. The minimum Gasteiger partial charge on any atom is -0.482 e. The Kier molecular flexibility index (Phi) is 3.19. The van der Waals surface area contributed by atoms with E-state index in [4.69, 9.17) is 16.3 Å². The number of carbonyl (C=O) groups excluding carboxylic acids is 1. The summed E-state index contributed by atoms with van der Waals surface area (Å²) in [6, 6.07) is 5.69. The molecular weight excluding hydrogens is 228 g/mol. The smallest absolute Gasteiger partial charge is 0.262 e.